The number of piperidine rings is 1. The first-order valence-electron chi connectivity index (χ1n) is 8.12. The third kappa shape index (κ3) is 2.87. The van der Waals surface area contributed by atoms with Crippen LogP contribution in [0.5, 0.6) is 0 Å². The normalized spacial score (nSPS) is 20.4. The van der Waals surface area contributed by atoms with Gasteiger partial charge in [-0.1, -0.05) is 6.92 Å². The summed E-state index contributed by atoms with van der Waals surface area (Å²) < 4.78 is 1.72. The Hall–Kier alpha value is -3.15. The summed E-state index contributed by atoms with van der Waals surface area (Å²) in [5.41, 5.74) is 12.8. The number of nitrogens with zero attached hydrogens (tertiary/aromatic N) is 3. The van der Waals surface area contributed by atoms with Crippen LogP contribution in [0.25, 0.3) is 11.3 Å². The maximum absolute atomic E-state index is 12.2. The lowest BCUT2D eigenvalue weighted by atomic mass is 9.93. The summed E-state index contributed by atoms with van der Waals surface area (Å²) in [5, 5.41) is 11.5. The lowest BCUT2D eigenvalue weighted by Crippen LogP contribution is -2.44. The number of amides is 1. The third-order valence-electron chi connectivity index (χ3n) is 4.83. The number of nitriles is 1. The van der Waals surface area contributed by atoms with Crippen molar-refractivity contribution in [3.05, 3.63) is 22.6 Å². The van der Waals surface area contributed by atoms with Crippen LogP contribution < -0.4 is 17.0 Å². The second-order valence-electron chi connectivity index (χ2n) is 6.39. The Morgan fingerprint density at radius 3 is 2.88 bits per heavy atom. The number of rotatable bonds is 3. The van der Waals surface area contributed by atoms with Gasteiger partial charge in [0.25, 0.3) is 5.56 Å². The molecule has 1 aliphatic rings. The van der Waals surface area contributed by atoms with Crippen molar-refractivity contribution in [1.82, 2.24) is 19.7 Å². The van der Waals surface area contributed by atoms with Crippen molar-refractivity contribution < 1.29 is 4.79 Å². The summed E-state index contributed by atoms with van der Waals surface area (Å²) in [4.78, 5) is 28.8. The number of carbonyl (C=O) groups excluding carboxylic acids is 1. The summed E-state index contributed by atoms with van der Waals surface area (Å²) >= 11 is 0. The Bertz CT molecular complexity index is 885. The number of carbonyl (C=O) groups is 1. The predicted molar refractivity (Wildman–Crippen MR) is 93.3 cm³/mol. The van der Waals surface area contributed by atoms with E-state index in [1.165, 1.54) is 0 Å². The minimum absolute atomic E-state index is 0.0963. The average molecular weight is 343 g/mol. The van der Waals surface area contributed by atoms with Gasteiger partial charge in [0.05, 0.1) is 17.8 Å². The Labute approximate surface area is 144 Å². The summed E-state index contributed by atoms with van der Waals surface area (Å²) in [6.45, 7) is 3.07. The molecule has 0 radical (unpaired) electrons. The van der Waals surface area contributed by atoms with Crippen LogP contribution in [0.15, 0.2) is 17.1 Å². The maximum Gasteiger partial charge on any atom is 0.287 e. The number of nitrogen functional groups attached to an aromatic ring is 2. The second kappa shape index (κ2) is 6.39. The van der Waals surface area contributed by atoms with Crippen LogP contribution in [0.2, 0.25) is 0 Å². The highest BCUT2D eigenvalue weighted by Gasteiger charge is 2.33. The van der Waals surface area contributed by atoms with E-state index in [2.05, 4.69) is 17.0 Å². The van der Waals surface area contributed by atoms with Crippen molar-refractivity contribution in [2.45, 2.75) is 25.8 Å². The van der Waals surface area contributed by atoms with Gasteiger partial charge >= 0.3 is 0 Å². The molecule has 3 rings (SSSR count). The molecule has 3 heterocycles. The molecule has 2 aromatic heterocycles. The van der Waals surface area contributed by atoms with Gasteiger partial charge in [-0.25, -0.2) is 0 Å². The van der Waals surface area contributed by atoms with Crippen LogP contribution in [-0.4, -0.2) is 38.7 Å². The van der Waals surface area contributed by atoms with Gasteiger partial charge in [0.15, 0.2) is 0 Å². The first-order valence-corrected chi connectivity index (χ1v) is 8.12. The topological polar surface area (TPSA) is 150 Å². The first kappa shape index (κ1) is 16.7. The van der Waals surface area contributed by atoms with Gasteiger partial charge in [-0.3, -0.25) is 19.4 Å². The van der Waals surface area contributed by atoms with Crippen LogP contribution >= 0.6 is 0 Å². The van der Waals surface area contributed by atoms with Crippen LogP contribution in [-0.2, 0) is 4.79 Å². The summed E-state index contributed by atoms with van der Waals surface area (Å²) in [5.74, 6) is 0.428. The zero-order valence-electron chi connectivity index (χ0n) is 14.0. The molecular weight excluding hydrogens is 322 g/mol. The van der Waals surface area contributed by atoms with Crippen LogP contribution in [0.4, 0.5) is 11.5 Å². The van der Waals surface area contributed by atoms with Crippen molar-refractivity contribution in [2.75, 3.05) is 24.6 Å². The van der Waals surface area contributed by atoms with Gasteiger partial charge in [0.1, 0.15) is 17.9 Å². The standard InChI is InChI=1S/C16H21N7O2/c1-9-4-7-22(12(24)2-5-17)8-11(9)23-14(13(18)16(25)21-23)10-3-6-20-15(10)19/h3,6,9,11,20H,2,4,7-8,18-19H2,1H3,(H,21,25). The van der Waals surface area contributed by atoms with Crippen molar-refractivity contribution in [3.63, 3.8) is 0 Å². The number of nitrogens with two attached hydrogens (primary N) is 2. The molecule has 9 nitrogen and oxygen atoms in total. The molecular formula is C16H21N7O2. The van der Waals surface area contributed by atoms with Crippen molar-refractivity contribution in [2.24, 2.45) is 5.92 Å². The monoisotopic (exact) mass is 343 g/mol. The lowest BCUT2D eigenvalue weighted by molar-refractivity contribution is -0.132. The van der Waals surface area contributed by atoms with E-state index in [4.69, 9.17) is 16.7 Å². The molecule has 2 unspecified atom stereocenters. The molecule has 1 fully saturated rings. The molecule has 132 valence electrons. The molecule has 1 aliphatic heterocycles. The molecule has 2 aromatic rings. The van der Waals surface area contributed by atoms with E-state index in [9.17, 15) is 9.59 Å². The number of H-pyrrole nitrogens is 2. The fourth-order valence-electron chi connectivity index (χ4n) is 3.37. The average Bonchev–Trinajstić information content (AvgIpc) is 3.12. The SMILES string of the molecule is CC1CCN(C(=O)CC#N)CC1n1[nH]c(=O)c(N)c1-c1cc[nH]c1N. The number of hydrogen-bond donors (Lipinski definition) is 4. The summed E-state index contributed by atoms with van der Waals surface area (Å²) in [7, 11) is 0. The van der Waals surface area contributed by atoms with Gasteiger partial charge in [-0.15, -0.1) is 0 Å². The lowest BCUT2D eigenvalue weighted by Gasteiger charge is -2.38. The van der Waals surface area contributed by atoms with Crippen molar-refractivity contribution >= 4 is 17.4 Å². The molecule has 9 heteroatoms. The number of anilines is 2. The van der Waals surface area contributed by atoms with Crippen LogP contribution in [0, 0.1) is 17.2 Å². The minimum Gasteiger partial charge on any atom is -0.392 e. The summed E-state index contributed by atoms with van der Waals surface area (Å²) in [6, 6.07) is 3.49. The van der Waals surface area contributed by atoms with Gasteiger partial charge in [-0.05, 0) is 18.4 Å². The zero-order chi connectivity index (χ0) is 18.1. The third-order valence-corrected chi connectivity index (χ3v) is 4.83. The number of likely N-dealkylation sites (tertiary alicyclic amines) is 1. The van der Waals surface area contributed by atoms with E-state index < -0.39 is 0 Å². The molecule has 6 N–H and O–H groups in total. The molecule has 25 heavy (non-hydrogen) atoms. The molecule has 0 aromatic carbocycles. The predicted octanol–water partition coefficient (Wildman–Crippen LogP) is 0.659. The highest BCUT2D eigenvalue weighted by molar-refractivity contribution is 5.80. The molecule has 2 atom stereocenters. The van der Waals surface area contributed by atoms with E-state index in [1.807, 2.05) is 6.07 Å². The number of nitrogens with one attached hydrogen (secondary N) is 2. The first-order chi connectivity index (χ1) is 11.9. The Balaban J connectivity index is 2.02. The van der Waals surface area contributed by atoms with Gasteiger partial charge in [0, 0.05) is 24.8 Å². The number of aromatic nitrogens is 3. The van der Waals surface area contributed by atoms with E-state index >= 15 is 0 Å². The number of aromatic amines is 2. The minimum atomic E-state index is -0.386. The Morgan fingerprint density at radius 1 is 1.48 bits per heavy atom. The number of hydrogen-bond acceptors (Lipinski definition) is 5. The van der Waals surface area contributed by atoms with Gasteiger partial charge < -0.3 is 21.4 Å². The fourth-order valence-corrected chi connectivity index (χ4v) is 3.37. The van der Waals surface area contributed by atoms with E-state index in [-0.39, 0.29) is 35.5 Å². The molecule has 0 saturated carbocycles. The molecule has 0 aliphatic carbocycles. The summed E-state index contributed by atoms with van der Waals surface area (Å²) in [6.07, 6.45) is 2.30. The Kier molecular flexibility index (Phi) is 4.27. The van der Waals surface area contributed by atoms with E-state index in [0.29, 0.717) is 30.2 Å². The van der Waals surface area contributed by atoms with Gasteiger partial charge in [0.2, 0.25) is 5.91 Å². The molecule has 0 bridgehead atoms. The Morgan fingerprint density at radius 2 is 2.24 bits per heavy atom. The van der Waals surface area contributed by atoms with Crippen LogP contribution in [0.3, 0.4) is 0 Å². The van der Waals surface area contributed by atoms with Crippen molar-refractivity contribution in [3.8, 4) is 17.3 Å². The smallest absolute Gasteiger partial charge is 0.287 e. The molecule has 1 amide bonds. The quantitative estimate of drug-likeness (QED) is 0.645. The fraction of sp³-hybridized carbons (Fsp3) is 0.438. The molecule has 1 saturated heterocycles. The highest BCUT2D eigenvalue weighted by atomic mass is 16.2. The van der Waals surface area contributed by atoms with E-state index in [1.54, 1.807) is 21.8 Å². The maximum atomic E-state index is 12.2. The van der Waals surface area contributed by atoms with Crippen molar-refractivity contribution in [1.29, 1.82) is 5.26 Å². The van der Waals surface area contributed by atoms with Crippen LogP contribution in [0.1, 0.15) is 25.8 Å². The largest absolute Gasteiger partial charge is 0.392 e. The molecule has 0 spiro atoms. The van der Waals surface area contributed by atoms with Gasteiger partial charge in [-0.2, -0.15) is 5.26 Å². The second-order valence-corrected chi connectivity index (χ2v) is 6.39. The highest BCUT2D eigenvalue weighted by Crippen LogP contribution is 2.35. The van der Waals surface area contributed by atoms with E-state index in [0.717, 1.165) is 6.42 Å². The zero-order valence-corrected chi connectivity index (χ0v) is 14.0.